The molecule has 0 aliphatic heterocycles. The van der Waals surface area contributed by atoms with Crippen LogP contribution in [0.25, 0.3) is 10.6 Å². The van der Waals surface area contributed by atoms with Gasteiger partial charge in [-0.2, -0.15) is 5.10 Å². The molecular formula is C17H22N4O2S. The van der Waals surface area contributed by atoms with Crippen molar-refractivity contribution in [3.05, 3.63) is 28.6 Å². The first-order chi connectivity index (χ1) is 11.6. The van der Waals surface area contributed by atoms with Crippen LogP contribution in [0.5, 0.6) is 0 Å². The van der Waals surface area contributed by atoms with Crippen LogP contribution in [-0.2, 0) is 11.8 Å². The Bertz CT molecular complexity index is 803. The summed E-state index contributed by atoms with van der Waals surface area (Å²) in [6.07, 6.45) is 6.16. The number of nitrogens with two attached hydrogens (primary N) is 1. The van der Waals surface area contributed by atoms with E-state index >= 15 is 0 Å². The van der Waals surface area contributed by atoms with Crippen LogP contribution >= 0.6 is 11.3 Å². The molecule has 6 nitrogen and oxygen atoms in total. The Hall–Kier alpha value is -2.15. The Morgan fingerprint density at radius 3 is 2.79 bits per heavy atom. The molecule has 24 heavy (non-hydrogen) atoms. The molecule has 3 rings (SSSR count). The number of nitrogens with zero attached hydrogens (tertiary/aromatic N) is 3. The number of aryl methyl sites for hydroxylation is 1. The van der Waals surface area contributed by atoms with Gasteiger partial charge in [0.25, 0.3) is 0 Å². The number of benzene rings is 1. The van der Waals surface area contributed by atoms with Crippen molar-refractivity contribution in [2.45, 2.75) is 38.1 Å². The molecule has 2 N–H and O–H groups in total. The second-order valence-corrected chi connectivity index (χ2v) is 6.98. The molecule has 0 radical (unpaired) electrons. The molecule has 1 aliphatic carbocycles. The molecule has 1 fully saturated rings. The van der Waals surface area contributed by atoms with Gasteiger partial charge in [0, 0.05) is 18.3 Å². The summed E-state index contributed by atoms with van der Waals surface area (Å²) >= 11 is 1.55. The second-order valence-electron chi connectivity index (χ2n) is 6.03. The Labute approximate surface area is 145 Å². The molecule has 0 unspecified atom stereocenters. The van der Waals surface area contributed by atoms with Gasteiger partial charge >= 0.3 is 5.97 Å². The Balaban J connectivity index is 1.90. The predicted molar refractivity (Wildman–Crippen MR) is 94.7 cm³/mol. The molecule has 0 bridgehead atoms. The first-order valence-electron chi connectivity index (χ1n) is 8.14. The number of carbonyl (C=O) groups excluding carboxylic acids is 1. The number of rotatable bonds is 3. The summed E-state index contributed by atoms with van der Waals surface area (Å²) in [4.78, 5) is 17.4. The van der Waals surface area contributed by atoms with Crippen LogP contribution in [0, 0.1) is 0 Å². The van der Waals surface area contributed by atoms with Crippen LogP contribution in [0.3, 0.4) is 0 Å². The number of hydrogen-bond donors (Lipinski definition) is 1. The maximum atomic E-state index is 11.6. The largest absolute Gasteiger partial charge is 0.465 e. The summed E-state index contributed by atoms with van der Waals surface area (Å²) in [7, 11) is 3.25. The third-order valence-electron chi connectivity index (χ3n) is 4.28. The van der Waals surface area contributed by atoms with Gasteiger partial charge in [-0.15, -0.1) is 0 Å². The maximum absolute atomic E-state index is 11.6. The smallest absolute Gasteiger partial charge is 0.339 e. The van der Waals surface area contributed by atoms with E-state index in [4.69, 9.17) is 15.5 Å². The normalized spacial score (nSPS) is 16.3. The zero-order valence-corrected chi connectivity index (χ0v) is 14.8. The van der Waals surface area contributed by atoms with Crippen molar-refractivity contribution in [3.8, 4) is 10.6 Å². The monoisotopic (exact) mass is 346 g/mol. The minimum atomic E-state index is -0.434. The van der Waals surface area contributed by atoms with Gasteiger partial charge < -0.3 is 10.5 Å². The van der Waals surface area contributed by atoms with Crippen molar-refractivity contribution >= 4 is 23.0 Å². The highest BCUT2D eigenvalue weighted by Gasteiger charge is 2.15. The molecule has 1 aromatic heterocycles. The number of aromatic nitrogens is 2. The second kappa shape index (κ2) is 7.17. The Morgan fingerprint density at radius 1 is 1.38 bits per heavy atom. The topological polar surface area (TPSA) is 82.5 Å². The van der Waals surface area contributed by atoms with E-state index in [9.17, 15) is 4.79 Å². The summed E-state index contributed by atoms with van der Waals surface area (Å²) in [5.74, 6) is -0.434. The molecule has 1 saturated carbocycles. The van der Waals surface area contributed by atoms with Gasteiger partial charge in [0.05, 0.1) is 18.7 Å². The first kappa shape index (κ1) is 16.7. The average Bonchev–Trinajstić information content (AvgIpc) is 2.96. The van der Waals surface area contributed by atoms with Crippen molar-refractivity contribution < 1.29 is 9.53 Å². The number of nitrogen functional groups attached to an aromatic ring is 1. The van der Waals surface area contributed by atoms with Crippen LogP contribution < -0.4 is 10.5 Å². The Morgan fingerprint density at radius 2 is 2.12 bits per heavy atom. The lowest BCUT2D eigenvalue weighted by Crippen LogP contribution is -2.18. The third kappa shape index (κ3) is 3.51. The number of methoxy groups -OCH3 is 1. The van der Waals surface area contributed by atoms with Crippen LogP contribution in [0.2, 0.25) is 0 Å². The van der Waals surface area contributed by atoms with Gasteiger partial charge in [0.15, 0.2) is 0 Å². The average molecular weight is 346 g/mol. The molecule has 1 aliphatic rings. The SMILES string of the molecule is COC(=O)c1ccc(-c2nn(C)c(=NC3CCCCC3)s2)cc1N. The first-order valence-corrected chi connectivity index (χ1v) is 8.96. The zero-order chi connectivity index (χ0) is 17.1. The fraction of sp³-hybridized carbons (Fsp3) is 0.471. The fourth-order valence-electron chi connectivity index (χ4n) is 2.94. The highest BCUT2D eigenvalue weighted by molar-refractivity contribution is 7.12. The molecular weight excluding hydrogens is 324 g/mol. The van der Waals surface area contributed by atoms with Gasteiger partial charge in [-0.3, -0.25) is 4.99 Å². The van der Waals surface area contributed by atoms with Crippen molar-refractivity contribution in [3.63, 3.8) is 0 Å². The summed E-state index contributed by atoms with van der Waals surface area (Å²) < 4.78 is 6.54. The summed E-state index contributed by atoms with van der Waals surface area (Å²) in [5.41, 5.74) is 7.62. The van der Waals surface area contributed by atoms with E-state index in [1.54, 1.807) is 23.5 Å². The molecule has 0 atom stereocenters. The van der Waals surface area contributed by atoms with Crippen LogP contribution in [0.4, 0.5) is 5.69 Å². The van der Waals surface area contributed by atoms with Crippen LogP contribution in [-0.4, -0.2) is 28.9 Å². The standard InChI is InChI=1S/C17H22N4O2S/c1-21-17(19-12-6-4-3-5-7-12)24-15(20-21)11-8-9-13(14(18)10-11)16(22)23-2/h8-10,12H,3-7,18H2,1-2H3. The van der Waals surface area contributed by atoms with E-state index in [2.05, 4.69) is 5.10 Å². The van der Waals surface area contributed by atoms with Gasteiger partial charge in [-0.25, -0.2) is 9.48 Å². The lowest BCUT2D eigenvalue weighted by Gasteiger charge is -2.16. The number of ether oxygens (including phenoxy) is 1. The van der Waals surface area contributed by atoms with Gasteiger partial charge in [-0.05, 0) is 25.0 Å². The molecule has 0 saturated heterocycles. The molecule has 0 amide bonds. The summed E-state index contributed by atoms with van der Waals surface area (Å²) in [6, 6.07) is 5.68. The molecule has 7 heteroatoms. The fourth-order valence-corrected chi connectivity index (χ4v) is 3.89. The maximum Gasteiger partial charge on any atom is 0.339 e. The van der Waals surface area contributed by atoms with Crippen LogP contribution in [0.1, 0.15) is 42.5 Å². The van der Waals surface area contributed by atoms with Crippen molar-refractivity contribution in [2.75, 3.05) is 12.8 Å². The van der Waals surface area contributed by atoms with Crippen molar-refractivity contribution in [1.29, 1.82) is 0 Å². The number of hydrogen-bond acceptors (Lipinski definition) is 6. The quantitative estimate of drug-likeness (QED) is 0.684. The van der Waals surface area contributed by atoms with Gasteiger partial charge in [-0.1, -0.05) is 36.7 Å². The van der Waals surface area contributed by atoms with E-state index in [0.29, 0.717) is 17.3 Å². The molecule has 128 valence electrons. The van der Waals surface area contributed by atoms with E-state index in [1.807, 2.05) is 17.8 Å². The number of anilines is 1. The minimum absolute atomic E-state index is 0.370. The molecule has 2 aromatic rings. The van der Waals surface area contributed by atoms with E-state index in [0.717, 1.165) is 28.2 Å². The lowest BCUT2D eigenvalue weighted by molar-refractivity contribution is 0.0602. The van der Waals surface area contributed by atoms with Crippen molar-refractivity contribution in [1.82, 2.24) is 9.78 Å². The van der Waals surface area contributed by atoms with Gasteiger partial charge in [0.2, 0.25) is 4.80 Å². The van der Waals surface area contributed by atoms with Crippen LogP contribution in [0.15, 0.2) is 23.2 Å². The highest BCUT2D eigenvalue weighted by Crippen LogP contribution is 2.25. The lowest BCUT2D eigenvalue weighted by atomic mass is 9.96. The predicted octanol–water partition coefficient (Wildman–Crippen LogP) is 2.75. The summed E-state index contributed by atoms with van der Waals surface area (Å²) in [5, 5.41) is 5.39. The molecule has 0 spiro atoms. The van der Waals surface area contributed by atoms with Crippen molar-refractivity contribution in [2.24, 2.45) is 12.0 Å². The molecule has 1 aromatic carbocycles. The summed E-state index contributed by atoms with van der Waals surface area (Å²) in [6.45, 7) is 0. The van der Waals surface area contributed by atoms with E-state index in [-0.39, 0.29) is 0 Å². The Kier molecular flexibility index (Phi) is 4.99. The zero-order valence-electron chi connectivity index (χ0n) is 14.0. The van der Waals surface area contributed by atoms with E-state index < -0.39 is 5.97 Å². The molecule has 1 heterocycles. The highest BCUT2D eigenvalue weighted by atomic mass is 32.1. The van der Waals surface area contributed by atoms with E-state index in [1.165, 1.54) is 26.4 Å². The van der Waals surface area contributed by atoms with Gasteiger partial charge in [0.1, 0.15) is 5.01 Å². The third-order valence-corrected chi connectivity index (χ3v) is 5.34. The minimum Gasteiger partial charge on any atom is -0.465 e. The number of esters is 1. The number of carbonyl (C=O) groups is 1.